The van der Waals surface area contributed by atoms with Crippen molar-refractivity contribution in [1.29, 1.82) is 0 Å². The summed E-state index contributed by atoms with van der Waals surface area (Å²) in [4.78, 5) is 13.4. The molecule has 1 aliphatic rings. The molecule has 4 rings (SSSR count). The predicted octanol–water partition coefficient (Wildman–Crippen LogP) is 3.70. The van der Waals surface area contributed by atoms with Crippen molar-refractivity contribution in [3.63, 3.8) is 0 Å². The van der Waals surface area contributed by atoms with Gasteiger partial charge in [0.15, 0.2) is 0 Å². The molecule has 0 aliphatic carbocycles. The summed E-state index contributed by atoms with van der Waals surface area (Å²) in [5.41, 5.74) is 3.85. The highest BCUT2D eigenvalue weighted by Gasteiger charge is 2.34. The zero-order valence-corrected chi connectivity index (χ0v) is 17.4. The summed E-state index contributed by atoms with van der Waals surface area (Å²) in [5, 5.41) is 18.1. The van der Waals surface area contributed by atoms with Crippen molar-refractivity contribution >= 4 is 17.5 Å². The van der Waals surface area contributed by atoms with Crippen LogP contribution < -0.4 is 15.4 Å². The highest BCUT2D eigenvalue weighted by atomic mass is 16.5. The number of para-hydroxylation sites is 1. The first kappa shape index (κ1) is 19.6. The quantitative estimate of drug-likeness (QED) is 0.673. The van der Waals surface area contributed by atoms with Crippen molar-refractivity contribution < 1.29 is 9.53 Å². The van der Waals surface area contributed by atoms with Crippen LogP contribution in [0.15, 0.2) is 59.8 Å². The second-order valence-corrected chi connectivity index (χ2v) is 7.52. The Labute approximate surface area is 174 Å². The van der Waals surface area contributed by atoms with Crippen LogP contribution in [-0.4, -0.2) is 32.2 Å². The lowest BCUT2D eigenvalue weighted by molar-refractivity contribution is -0.113. The van der Waals surface area contributed by atoms with Crippen LogP contribution in [0.5, 0.6) is 5.75 Å². The molecule has 1 aromatic heterocycles. The minimum atomic E-state index is -0.490. The monoisotopic (exact) mass is 404 g/mol. The zero-order valence-electron chi connectivity index (χ0n) is 17.4. The fourth-order valence-electron chi connectivity index (χ4n) is 3.55. The number of rotatable bonds is 5. The number of carbonyl (C=O) groups excluding carboxylic acids is 1. The number of benzene rings is 2. The highest BCUT2D eigenvalue weighted by molar-refractivity contribution is 6.06. The molecule has 2 aromatic carbocycles. The van der Waals surface area contributed by atoms with E-state index >= 15 is 0 Å². The van der Waals surface area contributed by atoms with Gasteiger partial charge in [0.25, 0.3) is 5.91 Å². The van der Waals surface area contributed by atoms with Gasteiger partial charge in [0, 0.05) is 11.4 Å². The highest BCUT2D eigenvalue weighted by Crippen LogP contribution is 2.36. The number of carbonyl (C=O) groups is 1. The maximum absolute atomic E-state index is 13.4. The van der Waals surface area contributed by atoms with Crippen LogP contribution in [0.4, 0.5) is 11.6 Å². The lowest BCUT2D eigenvalue weighted by atomic mass is 9.94. The molecule has 0 radical (unpaired) electrons. The van der Waals surface area contributed by atoms with Gasteiger partial charge in [-0.1, -0.05) is 35.4 Å². The Bertz CT molecular complexity index is 1120. The molecule has 1 amide bonds. The number of hydrogen-bond acceptors (Lipinski definition) is 6. The van der Waals surface area contributed by atoms with Gasteiger partial charge in [-0.15, -0.1) is 0 Å². The van der Waals surface area contributed by atoms with Crippen molar-refractivity contribution in [2.75, 3.05) is 10.6 Å². The third-order valence-electron chi connectivity index (χ3n) is 4.90. The van der Waals surface area contributed by atoms with Gasteiger partial charge >= 0.3 is 0 Å². The number of nitrogens with one attached hydrogen (secondary N) is 2. The number of tetrazole rings is 1. The number of nitrogens with zero attached hydrogens (tertiary/aromatic N) is 4. The molecule has 2 N–H and O–H groups in total. The molecular formula is C22H24N6O2. The molecule has 0 saturated heterocycles. The van der Waals surface area contributed by atoms with Crippen LogP contribution in [0.2, 0.25) is 0 Å². The average molecular weight is 404 g/mol. The Kier molecular flexibility index (Phi) is 5.22. The van der Waals surface area contributed by atoms with Gasteiger partial charge in [-0.3, -0.25) is 4.79 Å². The van der Waals surface area contributed by atoms with E-state index in [4.69, 9.17) is 4.74 Å². The van der Waals surface area contributed by atoms with E-state index in [1.54, 1.807) is 4.68 Å². The Morgan fingerprint density at radius 2 is 1.97 bits per heavy atom. The second-order valence-electron chi connectivity index (χ2n) is 7.52. The van der Waals surface area contributed by atoms with Crippen LogP contribution >= 0.6 is 0 Å². The van der Waals surface area contributed by atoms with Crippen LogP contribution in [0.1, 0.15) is 37.9 Å². The molecule has 0 spiro atoms. The zero-order chi connectivity index (χ0) is 21.3. The minimum Gasteiger partial charge on any atom is -0.491 e. The Balaban J connectivity index is 1.76. The van der Waals surface area contributed by atoms with Crippen molar-refractivity contribution in [1.82, 2.24) is 20.2 Å². The molecule has 1 unspecified atom stereocenters. The van der Waals surface area contributed by atoms with Gasteiger partial charge in [0.1, 0.15) is 11.8 Å². The summed E-state index contributed by atoms with van der Waals surface area (Å²) in [6, 6.07) is 14.9. The number of ether oxygens (including phenoxy) is 1. The summed E-state index contributed by atoms with van der Waals surface area (Å²) < 4.78 is 7.48. The summed E-state index contributed by atoms with van der Waals surface area (Å²) >= 11 is 0. The van der Waals surface area contributed by atoms with Crippen LogP contribution in [0.25, 0.3) is 0 Å². The van der Waals surface area contributed by atoms with Crippen LogP contribution in [-0.2, 0) is 4.79 Å². The van der Waals surface area contributed by atoms with Gasteiger partial charge < -0.3 is 15.4 Å². The van der Waals surface area contributed by atoms with Gasteiger partial charge in [0.05, 0.1) is 11.7 Å². The molecule has 1 aliphatic heterocycles. The number of allylic oxidation sites excluding steroid dienone is 1. The largest absolute Gasteiger partial charge is 0.491 e. The number of amides is 1. The normalized spacial score (nSPS) is 15.6. The minimum absolute atomic E-state index is 0.0398. The fourth-order valence-corrected chi connectivity index (χ4v) is 3.55. The first-order chi connectivity index (χ1) is 14.4. The van der Waals surface area contributed by atoms with E-state index < -0.39 is 6.04 Å². The van der Waals surface area contributed by atoms with E-state index in [0.717, 1.165) is 22.6 Å². The van der Waals surface area contributed by atoms with Gasteiger partial charge in [-0.25, -0.2) is 0 Å². The number of anilines is 2. The SMILES string of the molecule is CC1=C(C(=O)Nc2ccccc2C)C(c2cccc(OC(C)C)c2)n2nnnc2N1. The van der Waals surface area contributed by atoms with Crippen LogP contribution in [0.3, 0.4) is 0 Å². The van der Waals surface area contributed by atoms with E-state index in [1.807, 2.05) is 76.2 Å². The first-order valence-electron chi connectivity index (χ1n) is 9.83. The maximum atomic E-state index is 13.4. The molecule has 30 heavy (non-hydrogen) atoms. The predicted molar refractivity (Wildman–Crippen MR) is 114 cm³/mol. The Morgan fingerprint density at radius 3 is 2.73 bits per heavy atom. The summed E-state index contributed by atoms with van der Waals surface area (Å²) in [6.07, 6.45) is 0.0398. The third-order valence-corrected chi connectivity index (χ3v) is 4.90. The first-order valence-corrected chi connectivity index (χ1v) is 9.83. The van der Waals surface area contributed by atoms with E-state index in [-0.39, 0.29) is 12.0 Å². The molecule has 0 fully saturated rings. The Morgan fingerprint density at radius 1 is 1.17 bits per heavy atom. The molecule has 8 heteroatoms. The average Bonchev–Trinajstić information content (AvgIpc) is 3.16. The molecule has 154 valence electrons. The van der Waals surface area contributed by atoms with E-state index in [1.165, 1.54) is 0 Å². The maximum Gasteiger partial charge on any atom is 0.255 e. The van der Waals surface area contributed by atoms with Gasteiger partial charge in [-0.2, -0.15) is 4.68 Å². The standard InChI is InChI=1S/C22H24N6O2/c1-13(2)30-17-10-7-9-16(12-17)20-19(15(4)23-22-25-26-27-28(20)22)21(29)24-18-11-6-5-8-14(18)3/h5-13,20H,1-4H3,(H,24,29)(H,23,25,27). The molecule has 2 heterocycles. The van der Waals surface area contributed by atoms with Gasteiger partial charge in [-0.05, 0) is 67.4 Å². The lowest BCUT2D eigenvalue weighted by Gasteiger charge is -2.28. The van der Waals surface area contributed by atoms with E-state index in [9.17, 15) is 4.79 Å². The lowest BCUT2D eigenvalue weighted by Crippen LogP contribution is -2.31. The van der Waals surface area contributed by atoms with Crippen molar-refractivity contribution in [3.05, 3.63) is 70.9 Å². The van der Waals surface area contributed by atoms with Gasteiger partial charge in [0.2, 0.25) is 5.95 Å². The van der Waals surface area contributed by atoms with Crippen molar-refractivity contribution in [3.8, 4) is 5.75 Å². The molecule has 0 bridgehead atoms. The van der Waals surface area contributed by atoms with E-state index in [0.29, 0.717) is 17.2 Å². The van der Waals surface area contributed by atoms with Crippen molar-refractivity contribution in [2.24, 2.45) is 0 Å². The number of hydrogen-bond donors (Lipinski definition) is 2. The molecule has 8 nitrogen and oxygen atoms in total. The summed E-state index contributed by atoms with van der Waals surface area (Å²) in [5.74, 6) is 1.00. The smallest absolute Gasteiger partial charge is 0.255 e. The number of fused-ring (bicyclic) bond motifs is 1. The number of aromatic nitrogens is 4. The van der Waals surface area contributed by atoms with Crippen LogP contribution in [0, 0.1) is 6.92 Å². The topological polar surface area (TPSA) is 94.0 Å². The third kappa shape index (κ3) is 3.76. The molecule has 0 saturated carbocycles. The Hall–Kier alpha value is -3.68. The summed E-state index contributed by atoms with van der Waals surface area (Å²) in [6.45, 7) is 7.76. The molecular weight excluding hydrogens is 380 g/mol. The molecule has 3 aromatic rings. The summed E-state index contributed by atoms with van der Waals surface area (Å²) in [7, 11) is 0. The van der Waals surface area contributed by atoms with E-state index in [2.05, 4.69) is 26.2 Å². The second kappa shape index (κ2) is 7.98. The van der Waals surface area contributed by atoms with Crippen molar-refractivity contribution in [2.45, 2.75) is 39.8 Å². The fraction of sp³-hybridized carbons (Fsp3) is 0.273. The number of aryl methyl sites for hydroxylation is 1. The molecule has 1 atom stereocenters.